The highest BCUT2D eigenvalue weighted by Crippen LogP contribution is 2.28. The molecule has 1 aliphatic heterocycles. The third-order valence-corrected chi connectivity index (χ3v) is 6.78. The number of benzene rings is 2. The van der Waals surface area contributed by atoms with E-state index in [-0.39, 0.29) is 24.0 Å². The lowest BCUT2D eigenvalue weighted by Gasteiger charge is -2.35. The van der Waals surface area contributed by atoms with Crippen LogP contribution >= 0.6 is 0 Å². The Hall–Kier alpha value is -3.45. The number of carbonyl (C=O) groups is 2. The molecule has 7 heteroatoms. The molecule has 0 spiro atoms. The fourth-order valence-electron chi connectivity index (χ4n) is 5.08. The van der Waals surface area contributed by atoms with Crippen LogP contribution in [0.25, 0.3) is 5.69 Å². The quantitative estimate of drug-likeness (QED) is 0.612. The van der Waals surface area contributed by atoms with Crippen molar-refractivity contribution >= 4 is 11.8 Å². The molecule has 1 N–H and O–H groups in total. The molecule has 0 bridgehead atoms. The molecule has 1 fully saturated rings. The molecular weight excluding hydrogens is 440 g/mol. The van der Waals surface area contributed by atoms with E-state index in [1.54, 1.807) is 0 Å². The van der Waals surface area contributed by atoms with Gasteiger partial charge in [-0.25, -0.2) is 4.68 Å². The van der Waals surface area contributed by atoms with Crippen LogP contribution in [0.1, 0.15) is 63.5 Å². The van der Waals surface area contributed by atoms with Crippen LogP contribution in [-0.4, -0.2) is 51.8 Å². The van der Waals surface area contributed by atoms with Crippen molar-refractivity contribution in [3.63, 3.8) is 0 Å². The van der Waals surface area contributed by atoms with Gasteiger partial charge in [0.05, 0.1) is 17.9 Å². The molecular formula is C28H32N4O3. The summed E-state index contributed by atoms with van der Waals surface area (Å²) in [5, 5.41) is 7.71. The smallest absolute Gasteiger partial charge is 0.272 e. The van der Waals surface area contributed by atoms with Crippen molar-refractivity contribution in [1.82, 2.24) is 20.0 Å². The molecule has 1 saturated heterocycles. The topological polar surface area (TPSA) is 76.5 Å². The summed E-state index contributed by atoms with van der Waals surface area (Å²) in [5.41, 5.74) is 6.46. The van der Waals surface area contributed by atoms with Gasteiger partial charge < -0.3 is 15.0 Å². The van der Waals surface area contributed by atoms with Gasteiger partial charge in [-0.05, 0) is 69.9 Å². The molecule has 5 rings (SSSR count). The number of aromatic nitrogens is 2. The lowest BCUT2D eigenvalue weighted by atomic mass is 10.1. The summed E-state index contributed by atoms with van der Waals surface area (Å²) in [5.74, 6) is -0.148. The van der Waals surface area contributed by atoms with Gasteiger partial charge in [-0.2, -0.15) is 5.10 Å². The van der Waals surface area contributed by atoms with E-state index in [1.165, 1.54) is 5.56 Å². The van der Waals surface area contributed by atoms with Crippen LogP contribution in [0.2, 0.25) is 0 Å². The largest absolute Gasteiger partial charge is 0.372 e. The molecule has 3 aromatic rings. The number of amides is 2. The van der Waals surface area contributed by atoms with Gasteiger partial charge in [0, 0.05) is 36.5 Å². The highest BCUT2D eigenvalue weighted by Gasteiger charge is 2.28. The van der Waals surface area contributed by atoms with Crippen LogP contribution in [0.4, 0.5) is 0 Å². The van der Waals surface area contributed by atoms with E-state index in [4.69, 9.17) is 4.74 Å². The molecule has 0 radical (unpaired) electrons. The summed E-state index contributed by atoms with van der Waals surface area (Å²) >= 11 is 0. The Bertz CT molecular complexity index is 1220. The highest BCUT2D eigenvalue weighted by molar-refractivity contribution is 5.95. The Balaban J connectivity index is 1.25. The van der Waals surface area contributed by atoms with Crippen LogP contribution in [0.5, 0.6) is 0 Å². The second-order valence-electron chi connectivity index (χ2n) is 9.72. The Morgan fingerprint density at radius 1 is 1.00 bits per heavy atom. The van der Waals surface area contributed by atoms with Crippen molar-refractivity contribution < 1.29 is 14.3 Å². The van der Waals surface area contributed by atoms with Gasteiger partial charge in [-0.3, -0.25) is 9.59 Å². The second kappa shape index (κ2) is 9.66. The van der Waals surface area contributed by atoms with Crippen molar-refractivity contribution in [3.8, 4) is 5.69 Å². The first-order valence-electron chi connectivity index (χ1n) is 12.4. The van der Waals surface area contributed by atoms with E-state index in [0.29, 0.717) is 30.9 Å². The van der Waals surface area contributed by atoms with E-state index in [0.717, 1.165) is 41.8 Å². The van der Waals surface area contributed by atoms with Crippen LogP contribution in [0.3, 0.4) is 0 Å². The van der Waals surface area contributed by atoms with Gasteiger partial charge in [0.1, 0.15) is 0 Å². The van der Waals surface area contributed by atoms with Crippen molar-refractivity contribution in [2.24, 2.45) is 0 Å². The van der Waals surface area contributed by atoms with Gasteiger partial charge in [0.25, 0.3) is 11.8 Å². The summed E-state index contributed by atoms with van der Waals surface area (Å²) in [6, 6.07) is 15.7. The fraction of sp³-hybridized carbons (Fsp3) is 0.393. The maximum atomic E-state index is 13.1. The van der Waals surface area contributed by atoms with Crippen molar-refractivity contribution in [1.29, 1.82) is 0 Å². The number of hydrogen-bond acceptors (Lipinski definition) is 4. The Kier molecular flexibility index (Phi) is 6.43. The van der Waals surface area contributed by atoms with Crippen LogP contribution in [0.15, 0.2) is 48.5 Å². The molecule has 2 heterocycles. The minimum atomic E-state index is -0.162. The van der Waals surface area contributed by atoms with Crippen LogP contribution in [-0.2, 0) is 24.1 Å². The summed E-state index contributed by atoms with van der Waals surface area (Å²) < 4.78 is 7.65. The number of ether oxygens (including phenoxy) is 1. The molecule has 1 aliphatic carbocycles. The van der Waals surface area contributed by atoms with Gasteiger partial charge >= 0.3 is 0 Å². The van der Waals surface area contributed by atoms with Gasteiger partial charge in [0.2, 0.25) is 0 Å². The van der Waals surface area contributed by atoms with E-state index >= 15 is 0 Å². The minimum Gasteiger partial charge on any atom is -0.372 e. The predicted octanol–water partition coefficient (Wildman–Crippen LogP) is 3.85. The Labute approximate surface area is 206 Å². The molecule has 0 saturated carbocycles. The van der Waals surface area contributed by atoms with E-state index in [9.17, 15) is 9.59 Å². The molecule has 2 amide bonds. The summed E-state index contributed by atoms with van der Waals surface area (Å²) in [7, 11) is 0. The number of nitrogens with one attached hydrogen (secondary N) is 1. The average Bonchev–Trinajstić information content (AvgIpc) is 3.46. The fourth-order valence-corrected chi connectivity index (χ4v) is 5.08. The molecule has 2 aromatic carbocycles. The zero-order chi connectivity index (χ0) is 24.5. The number of nitrogens with zero attached hydrogens (tertiary/aromatic N) is 3. The first kappa shape index (κ1) is 23.3. The van der Waals surface area contributed by atoms with Crippen molar-refractivity contribution in [2.75, 3.05) is 13.1 Å². The first-order valence-corrected chi connectivity index (χ1v) is 12.4. The minimum absolute atomic E-state index is 0.0137. The molecule has 2 unspecified atom stereocenters. The molecule has 2 atom stereocenters. The van der Waals surface area contributed by atoms with E-state index < -0.39 is 0 Å². The maximum Gasteiger partial charge on any atom is 0.272 e. The summed E-state index contributed by atoms with van der Waals surface area (Å²) in [6.45, 7) is 7.61. The number of fused-ring (bicyclic) bond motifs is 1. The van der Waals surface area contributed by atoms with Gasteiger partial charge in [0.15, 0.2) is 5.69 Å². The Morgan fingerprint density at radius 2 is 1.69 bits per heavy atom. The van der Waals surface area contributed by atoms with Gasteiger partial charge in [-0.15, -0.1) is 0 Å². The Morgan fingerprint density at radius 3 is 2.37 bits per heavy atom. The third kappa shape index (κ3) is 4.86. The third-order valence-electron chi connectivity index (χ3n) is 6.78. The average molecular weight is 473 g/mol. The summed E-state index contributed by atoms with van der Waals surface area (Å²) in [4.78, 5) is 27.8. The SMILES string of the molecule is Cc1ccc(-n2nc(C(=O)NCc3ccc(C(=O)N4CC(C)OC(C)C4)cc3)c3c2CCC3)cc1. The maximum absolute atomic E-state index is 13.1. The normalized spacial score (nSPS) is 19.5. The zero-order valence-electron chi connectivity index (χ0n) is 20.6. The van der Waals surface area contributed by atoms with E-state index in [2.05, 4.69) is 29.5 Å². The number of aryl methyl sites for hydroxylation is 1. The van der Waals surface area contributed by atoms with Crippen LogP contribution in [0, 0.1) is 6.92 Å². The standard InChI is InChI=1S/C28H32N4O3/c1-18-7-13-23(14-8-18)32-25-6-4-5-24(25)26(30-32)27(33)29-15-21-9-11-22(12-10-21)28(34)31-16-19(2)35-20(3)17-31/h7-14,19-20H,4-6,15-17H2,1-3H3,(H,29,33). The highest BCUT2D eigenvalue weighted by atomic mass is 16.5. The molecule has 7 nitrogen and oxygen atoms in total. The van der Waals surface area contributed by atoms with E-state index in [1.807, 2.05) is 59.8 Å². The number of hydrogen-bond donors (Lipinski definition) is 1. The summed E-state index contributed by atoms with van der Waals surface area (Å²) in [6.07, 6.45) is 2.91. The first-order chi connectivity index (χ1) is 16.9. The predicted molar refractivity (Wildman–Crippen MR) is 134 cm³/mol. The van der Waals surface area contributed by atoms with Gasteiger partial charge in [-0.1, -0.05) is 29.8 Å². The van der Waals surface area contributed by atoms with Crippen molar-refractivity contribution in [3.05, 3.63) is 82.2 Å². The lowest BCUT2D eigenvalue weighted by molar-refractivity contribution is -0.0586. The molecule has 2 aliphatic rings. The number of morpholine rings is 1. The number of carbonyl (C=O) groups excluding carboxylic acids is 2. The lowest BCUT2D eigenvalue weighted by Crippen LogP contribution is -2.48. The van der Waals surface area contributed by atoms with Crippen molar-refractivity contribution in [2.45, 2.75) is 58.8 Å². The second-order valence-corrected chi connectivity index (χ2v) is 9.72. The molecule has 182 valence electrons. The number of rotatable bonds is 5. The molecule has 35 heavy (non-hydrogen) atoms. The van der Waals surface area contributed by atoms with Crippen LogP contribution < -0.4 is 5.32 Å². The zero-order valence-corrected chi connectivity index (χ0v) is 20.6. The molecule has 1 aromatic heterocycles. The monoisotopic (exact) mass is 472 g/mol.